The lowest BCUT2D eigenvalue weighted by Crippen LogP contribution is -2.65. The van der Waals surface area contributed by atoms with Crippen LogP contribution in [0.3, 0.4) is 0 Å². The summed E-state index contributed by atoms with van der Waals surface area (Å²) in [5, 5.41) is 7.36. The van der Waals surface area contributed by atoms with Crippen molar-refractivity contribution in [2.24, 2.45) is 35.5 Å². The third-order valence-electron chi connectivity index (χ3n) is 15.4. The molecule has 0 aromatic heterocycles. The zero-order valence-electron chi connectivity index (χ0n) is 42.8. The smallest absolute Gasteiger partial charge is 0.240 e. The zero-order valence-corrected chi connectivity index (χ0v) is 46.1. The van der Waals surface area contributed by atoms with Gasteiger partial charge in [0, 0.05) is 49.3 Å². The number of sulfonamides is 4. The first-order chi connectivity index (χ1) is 33.8. The Balaban J connectivity index is 1.09. The van der Waals surface area contributed by atoms with Gasteiger partial charge in [-0.25, -0.2) is 52.6 Å². The van der Waals surface area contributed by atoms with Crippen LogP contribution in [0.25, 0.3) is 0 Å². The molecule has 72 heavy (non-hydrogen) atoms. The van der Waals surface area contributed by atoms with Crippen LogP contribution in [0.4, 0.5) is 0 Å². The van der Waals surface area contributed by atoms with Crippen molar-refractivity contribution in [1.82, 2.24) is 29.5 Å². The summed E-state index contributed by atoms with van der Waals surface area (Å²) in [6.07, 6.45) is 0. The lowest BCUT2D eigenvalue weighted by Gasteiger charge is -2.49. The van der Waals surface area contributed by atoms with Gasteiger partial charge in [0.1, 0.15) is 0 Å². The standard InChI is InChI=1S/C54H72N6O8S4/c1-33-11-23-45(24-12-33)69(61,62)57-51-37(5)49(38(6)52(41(51)9)58-70(63,64)46-25-13-34(2)14-26-46)55-31-43-19-21-44(22-20-43)32-56-50-39(7)53(59-71(65,66)47-27-15-35(3)16-28-47)42(10)54(40(50)8)60-72(67,68)48-29-17-36(4)18-30-48/h11-30,37-42,49-60H,31-32H2,1-10H3/t37-,38+,39-,40+,41?,42?,49?,50?,51-,52+,53-,54+. The van der Waals surface area contributed by atoms with Crippen molar-refractivity contribution < 1.29 is 33.7 Å². The van der Waals surface area contributed by atoms with E-state index in [-0.39, 0.29) is 55.3 Å². The fraction of sp³-hybridized carbons (Fsp3) is 0.444. The molecule has 390 valence electrons. The van der Waals surface area contributed by atoms with Gasteiger partial charge in [-0.2, -0.15) is 0 Å². The van der Waals surface area contributed by atoms with Crippen molar-refractivity contribution in [3.05, 3.63) is 155 Å². The monoisotopic (exact) mass is 1060 g/mol. The van der Waals surface area contributed by atoms with Crippen LogP contribution in [-0.2, 0) is 53.2 Å². The molecule has 5 aromatic carbocycles. The summed E-state index contributed by atoms with van der Waals surface area (Å²) in [7, 11) is -15.9. The molecule has 2 saturated carbocycles. The van der Waals surface area contributed by atoms with Gasteiger partial charge in [-0.05, 0) is 123 Å². The highest BCUT2D eigenvalue weighted by Crippen LogP contribution is 2.38. The summed E-state index contributed by atoms with van der Waals surface area (Å²) in [6.45, 7) is 20.1. The lowest BCUT2D eigenvalue weighted by molar-refractivity contribution is 0.0933. The Bertz CT molecular complexity index is 2710. The Morgan fingerprint density at radius 2 is 0.472 bits per heavy atom. The van der Waals surface area contributed by atoms with Gasteiger partial charge < -0.3 is 10.6 Å². The molecule has 0 spiro atoms. The maximum absolute atomic E-state index is 13.9. The molecule has 12 atom stereocenters. The van der Waals surface area contributed by atoms with E-state index in [1.807, 2.05) is 93.5 Å². The van der Waals surface area contributed by atoms with E-state index in [1.165, 1.54) is 0 Å². The highest BCUT2D eigenvalue weighted by atomic mass is 32.2. The zero-order chi connectivity index (χ0) is 52.5. The molecule has 0 saturated heterocycles. The summed E-state index contributed by atoms with van der Waals surface area (Å²) in [6, 6.07) is 31.4. The van der Waals surface area contributed by atoms with E-state index >= 15 is 0 Å². The number of aryl methyl sites for hydroxylation is 4. The number of nitrogens with one attached hydrogen (secondary N) is 6. The van der Waals surface area contributed by atoms with E-state index in [2.05, 4.69) is 29.5 Å². The molecule has 0 bridgehead atoms. The van der Waals surface area contributed by atoms with Crippen LogP contribution >= 0.6 is 0 Å². The van der Waals surface area contributed by atoms with E-state index in [0.717, 1.165) is 33.4 Å². The summed E-state index contributed by atoms with van der Waals surface area (Å²) in [5.41, 5.74) is 5.61. The van der Waals surface area contributed by atoms with E-state index < -0.39 is 76.1 Å². The van der Waals surface area contributed by atoms with Gasteiger partial charge in [0.15, 0.2) is 0 Å². The number of hydrogen-bond donors (Lipinski definition) is 6. The van der Waals surface area contributed by atoms with Gasteiger partial charge >= 0.3 is 0 Å². The van der Waals surface area contributed by atoms with E-state index in [1.54, 1.807) is 97.1 Å². The van der Waals surface area contributed by atoms with Crippen molar-refractivity contribution in [2.75, 3.05) is 0 Å². The molecule has 2 fully saturated rings. The minimum Gasteiger partial charge on any atom is -0.309 e. The van der Waals surface area contributed by atoms with Gasteiger partial charge in [-0.1, -0.05) is 137 Å². The average molecular weight is 1060 g/mol. The summed E-state index contributed by atoms with van der Waals surface area (Å²) in [5.74, 6) is -1.86. The fourth-order valence-electron chi connectivity index (χ4n) is 10.9. The minimum atomic E-state index is -3.97. The van der Waals surface area contributed by atoms with E-state index in [9.17, 15) is 33.7 Å². The molecule has 0 radical (unpaired) electrons. The molecule has 5 aromatic rings. The molecule has 0 heterocycles. The molecule has 18 heteroatoms. The molecule has 6 N–H and O–H groups in total. The second-order valence-electron chi connectivity index (χ2n) is 20.6. The van der Waals surface area contributed by atoms with Crippen molar-refractivity contribution >= 4 is 40.1 Å². The summed E-state index contributed by atoms with van der Waals surface area (Å²) >= 11 is 0. The first-order valence-electron chi connectivity index (χ1n) is 24.7. The van der Waals surface area contributed by atoms with Crippen LogP contribution in [0.1, 0.15) is 74.9 Å². The van der Waals surface area contributed by atoms with Crippen LogP contribution in [0, 0.1) is 63.2 Å². The predicted molar refractivity (Wildman–Crippen MR) is 284 cm³/mol. The predicted octanol–water partition coefficient (Wildman–Crippen LogP) is 7.07. The van der Waals surface area contributed by atoms with Gasteiger partial charge in [-0.15, -0.1) is 0 Å². The van der Waals surface area contributed by atoms with Crippen LogP contribution in [0.15, 0.2) is 141 Å². The van der Waals surface area contributed by atoms with E-state index in [4.69, 9.17) is 0 Å². The molecular formula is C54H72N6O8S4. The maximum Gasteiger partial charge on any atom is 0.240 e. The minimum absolute atomic E-state index is 0.133. The van der Waals surface area contributed by atoms with Crippen molar-refractivity contribution in [3.8, 4) is 0 Å². The number of rotatable bonds is 18. The molecule has 14 nitrogen and oxygen atoms in total. The largest absolute Gasteiger partial charge is 0.309 e. The SMILES string of the molecule is Cc1ccc(S(=O)(=O)N[C@@H]2C(C)[C@H](NS(=O)(=O)c3ccc(C)cc3)[C@H](C)C(NCc3ccc(CNC4[C@@H](C)[C@@H](NS(=O)(=O)c5ccc(C)cc5)C(C)[C@@H](NS(=O)(=O)c5ccc(C)cc5)[C@H]4C)cc3)[C@@H]2C)cc1. The second-order valence-corrected chi connectivity index (χ2v) is 27.5. The van der Waals surface area contributed by atoms with Crippen molar-refractivity contribution in [2.45, 2.75) is 138 Å². The third kappa shape index (κ3) is 12.6. The Morgan fingerprint density at radius 3 is 0.667 bits per heavy atom. The van der Waals surface area contributed by atoms with Gasteiger partial charge in [0.05, 0.1) is 19.6 Å². The quantitative estimate of drug-likeness (QED) is 0.0526. The fourth-order valence-corrected chi connectivity index (χ4v) is 16.6. The number of hydrogen-bond acceptors (Lipinski definition) is 10. The Hall–Kier alpha value is -4.34. The average Bonchev–Trinajstić information content (AvgIpc) is 3.33. The Labute approximate surface area is 429 Å². The van der Waals surface area contributed by atoms with Gasteiger partial charge in [0.25, 0.3) is 0 Å². The highest BCUT2D eigenvalue weighted by molar-refractivity contribution is 7.90. The van der Waals surface area contributed by atoms with Crippen molar-refractivity contribution in [3.63, 3.8) is 0 Å². The molecule has 0 amide bonds. The molecule has 2 aliphatic rings. The van der Waals surface area contributed by atoms with Crippen LogP contribution < -0.4 is 29.5 Å². The molecule has 2 aliphatic carbocycles. The number of benzene rings is 5. The Morgan fingerprint density at radius 1 is 0.292 bits per heavy atom. The normalized spacial score (nSPS) is 27.4. The summed E-state index contributed by atoms with van der Waals surface area (Å²) in [4.78, 5) is 0.533. The highest BCUT2D eigenvalue weighted by Gasteiger charge is 2.49. The Kier molecular flexibility index (Phi) is 17.1. The molecule has 7 rings (SSSR count). The molecule has 0 aliphatic heterocycles. The molecular weight excluding hydrogens is 989 g/mol. The third-order valence-corrected chi connectivity index (χ3v) is 21.3. The van der Waals surface area contributed by atoms with Gasteiger partial charge in [0.2, 0.25) is 40.1 Å². The second kappa shape index (κ2) is 22.2. The first kappa shape index (κ1) is 55.4. The lowest BCUT2D eigenvalue weighted by atomic mass is 9.67. The van der Waals surface area contributed by atoms with Gasteiger partial charge in [-0.3, -0.25) is 0 Å². The molecule has 4 unspecified atom stereocenters. The first-order valence-corrected chi connectivity index (χ1v) is 30.6. The van der Waals surface area contributed by atoms with Crippen molar-refractivity contribution in [1.29, 1.82) is 0 Å². The van der Waals surface area contributed by atoms with Crippen LogP contribution in [0.5, 0.6) is 0 Å². The van der Waals surface area contributed by atoms with Crippen LogP contribution in [-0.4, -0.2) is 69.9 Å². The van der Waals surface area contributed by atoms with E-state index in [0.29, 0.717) is 13.1 Å². The maximum atomic E-state index is 13.9. The van der Waals surface area contributed by atoms with Crippen LogP contribution in [0.2, 0.25) is 0 Å². The summed E-state index contributed by atoms with van der Waals surface area (Å²) < 4.78 is 123. The topological polar surface area (TPSA) is 209 Å².